The number of halogens is 2. The SMILES string of the molecule is O=C(N/N=C/c1cccc(Oc2ccccc2)c1)C(=O)Nc1cccc(Cl)c1Cl. The Bertz CT molecular complexity index is 1060. The van der Waals surface area contributed by atoms with E-state index < -0.39 is 11.8 Å². The minimum atomic E-state index is -0.950. The van der Waals surface area contributed by atoms with Gasteiger partial charge in [0.25, 0.3) is 0 Å². The molecular formula is C21H15Cl2N3O3. The van der Waals surface area contributed by atoms with Gasteiger partial charge in [0.2, 0.25) is 0 Å². The van der Waals surface area contributed by atoms with Crippen molar-refractivity contribution in [3.63, 3.8) is 0 Å². The largest absolute Gasteiger partial charge is 0.457 e. The highest BCUT2D eigenvalue weighted by Crippen LogP contribution is 2.29. The molecule has 0 saturated carbocycles. The molecule has 146 valence electrons. The van der Waals surface area contributed by atoms with Crippen LogP contribution in [-0.4, -0.2) is 18.0 Å². The molecule has 8 heteroatoms. The topological polar surface area (TPSA) is 79.8 Å². The molecule has 0 aromatic heterocycles. The maximum atomic E-state index is 12.0. The average Bonchev–Trinajstić information content (AvgIpc) is 2.72. The summed E-state index contributed by atoms with van der Waals surface area (Å²) in [7, 11) is 0. The van der Waals surface area contributed by atoms with E-state index >= 15 is 0 Å². The Labute approximate surface area is 177 Å². The molecule has 0 aliphatic heterocycles. The predicted molar refractivity (Wildman–Crippen MR) is 114 cm³/mol. The molecule has 0 saturated heterocycles. The highest BCUT2D eigenvalue weighted by molar-refractivity contribution is 6.45. The van der Waals surface area contributed by atoms with Crippen molar-refractivity contribution in [2.75, 3.05) is 5.32 Å². The van der Waals surface area contributed by atoms with Crippen LogP contribution in [-0.2, 0) is 9.59 Å². The van der Waals surface area contributed by atoms with Gasteiger partial charge in [-0.1, -0.05) is 59.6 Å². The van der Waals surface area contributed by atoms with Crippen LogP contribution in [0.5, 0.6) is 11.5 Å². The summed E-state index contributed by atoms with van der Waals surface area (Å²) in [5.74, 6) is -0.562. The Morgan fingerprint density at radius 2 is 1.59 bits per heavy atom. The third-order valence-electron chi connectivity index (χ3n) is 3.62. The summed E-state index contributed by atoms with van der Waals surface area (Å²) < 4.78 is 5.74. The smallest absolute Gasteiger partial charge is 0.329 e. The normalized spacial score (nSPS) is 10.6. The Kier molecular flexibility index (Phi) is 6.84. The number of hydrazone groups is 1. The zero-order chi connectivity index (χ0) is 20.6. The van der Waals surface area contributed by atoms with Crippen LogP contribution < -0.4 is 15.5 Å². The molecule has 0 unspecified atom stereocenters. The maximum absolute atomic E-state index is 12.0. The van der Waals surface area contributed by atoms with E-state index in [2.05, 4.69) is 15.8 Å². The molecule has 0 radical (unpaired) electrons. The van der Waals surface area contributed by atoms with Gasteiger partial charge in [0.15, 0.2) is 0 Å². The number of carbonyl (C=O) groups is 2. The summed E-state index contributed by atoms with van der Waals surface area (Å²) >= 11 is 11.9. The highest BCUT2D eigenvalue weighted by Gasteiger charge is 2.15. The van der Waals surface area contributed by atoms with Crippen molar-refractivity contribution >= 4 is 46.9 Å². The van der Waals surface area contributed by atoms with Crippen LogP contribution >= 0.6 is 23.2 Å². The number of ether oxygens (including phenoxy) is 1. The number of carbonyl (C=O) groups excluding carboxylic acids is 2. The van der Waals surface area contributed by atoms with Gasteiger partial charge in [0.1, 0.15) is 11.5 Å². The van der Waals surface area contributed by atoms with Crippen molar-refractivity contribution in [2.24, 2.45) is 5.10 Å². The molecule has 0 bridgehead atoms. The molecule has 2 N–H and O–H groups in total. The fourth-order valence-electron chi connectivity index (χ4n) is 2.28. The lowest BCUT2D eigenvalue weighted by Crippen LogP contribution is -2.32. The van der Waals surface area contributed by atoms with Gasteiger partial charge in [0.05, 0.1) is 21.9 Å². The van der Waals surface area contributed by atoms with Crippen molar-refractivity contribution in [3.05, 3.63) is 88.4 Å². The Morgan fingerprint density at radius 3 is 2.38 bits per heavy atom. The highest BCUT2D eigenvalue weighted by atomic mass is 35.5. The molecule has 0 fully saturated rings. The van der Waals surface area contributed by atoms with E-state index in [-0.39, 0.29) is 15.7 Å². The number of amides is 2. The Balaban J connectivity index is 1.57. The second-order valence-electron chi connectivity index (χ2n) is 5.74. The molecule has 2 amide bonds. The van der Waals surface area contributed by atoms with Gasteiger partial charge in [-0.05, 0) is 42.0 Å². The van der Waals surface area contributed by atoms with Gasteiger partial charge in [0, 0.05) is 0 Å². The third-order valence-corrected chi connectivity index (χ3v) is 4.44. The number of para-hydroxylation sites is 1. The molecule has 29 heavy (non-hydrogen) atoms. The second kappa shape index (κ2) is 9.73. The van der Waals surface area contributed by atoms with E-state index in [1.54, 1.807) is 36.4 Å². The van der Waals surface area contributed by atoms with Crippen molar-refractivity contribution in [2.45, 2.75) is 0 Å². The standard InChI is InChI=1S/C21H15Cl2N3O3/c22-17-10-5-11-18(19(17)23)25-20(27)21(28)26-24-13-14-6-4-9-16(12-14)29-15-7-2-1-3-8-15/h1-13H,(H,25,27)(H,26,28)/b24-13+. The number of hydrogen-bond donors (Lipinski definition) is 2. The lowest BCUT2D eigenvalue weighted by atomic mass is 10.2. The zero-order valence-electron chi connectivity index (χ0n) is 14.9. The van der Waals surface area contributed by atoms with Crippen LogP contribution in [0.2, 0.25) is 10.0 Å². The number of nitrogens with one attached hydrogen (secondary N) is 2. The fourth-order valence-corrected chi connectivity index (χ4v) is 2.63. The lowest BCUT2D eigenvalue weighted by Gasteiger charge is -2.07. The first-order valence-corrected chi connectivity index (χ1v) is 9.20. The quantitative estimate of drug-likeness (QED) is 0.346. The predicted octanol–water partition coefficient (Wildman–Crippen LogP) is 4.87. The van der Waals surface area contributed by atoms with Gasteiger partial charge in [-0.3, -0.25) is 9.59 Å². The number of hydrogen-bond acceptors (Lipinski definition) is 4. The summed E-state index contributed by atoms with van der Waals surface area (Å²) in [6.07, 6.45) is 1.40. The number of anilines is 1. The minimum Gasteiger partial charge on any atom is -0.457 e. The zero-order valence-corrected chi connectivity index (χ0v) is 16.4. The summed E-state index contributed by atoms with van der Waals surface area (Å²) in [4.78, 5) is 23.9. The minimum absolute atomic E-state index is 0.147. The first-order valence-electron chi connectivity index (χ1n) is 8.44. The number of nitrogens with zero attached hydrogens (tertiary/aromatic N) is 1. The van der Waals surface area contributed by atoms with Crippen LogP contribution in [0.15, 0.2) is 77.9 Å². The molecule has 3 aromatic carbocycles. The summed E-state index contributed by atoms with van der Waals surface area (Å²) in [5.41, 5.74) is 3.06. The van der Waals surface area contributed by atoms with Crippen LogP contribution in [0.25, 0.3) is 0 Å². The average molecular weight is 428 g/mol. The Morgan fingerprint density at radius 1 is 0.862 bits per heavy atom. The van der Waals surface area contributed by atoms with E-state index in [0.717, 1.165) is 0 Å². The Hall–Kier alpha value is -3.35. The van der Waals surface area contributed by atoms with Crippen LogP contribution in [0, 0.1) is 0 Å². The van der Waals surface area contributed by atoms with Crippen molar-refractivity contribution in [1.82, 2.24) is 5.43 Å². The number of benzene rings is 3. The van der Waals surface area contributed by atoms with Crippen LogP contribution in [0.4, 0.5) is 5.69 Å². The van der Waals surface area contributed by atoms with Gasteiger partial charge in [-0.25, -0.2) is 5.43 Å². The second-order valence-corrected chi connectivity index (χ2v) is 6.53. The van der Waals surface area contributed by atoms with Gasteiger partial charge < -0.3 is 10.1 Å². The first-order chi connectivity index (χ1) is 14.0. The molecule has 0 aliphatic carbocycles. The summed E-state index contributed by atoms with van der Waals surface area (Å²) in [5, 5.41) is 6.58. The first kappa shape index (κ1) is 20.4. The van der Waals surface area contributed by atoms with Crippen molar-refractivity contribution < 1.29 is 14.3 Å². The lowest BCUT2D eigenvalue weighted by molar-refractivity contribution is -0.136. The van der Waals surface area contributed by atoms with Gasteiger partial charge in [-0.15, -0.1) is 0 Å². The number of rotatable bonds is 5. The summed E-state index contributed by atoms with van der Waals surface area (Å²) in [6, 6.07) is 21.1. The molecule has 0 spiro atoms. The van der Waals surface area contributed by atoms with Crippen LogP contribution in [0.1, 0.15) is 5.56 Å². The maximum Gasteiger partial charge on any atom is 0.329 e. The molecule has 0 aliphatic rings. The van der Waals surface area contributed by atoms with Gasteiger partial charge in [-0.2, -0.15) is 5.10 Å². The monoisotopic (exact) mass is 427 g/mol. The van der Waals surface area contributed by atoms with E-state index in [9.17, 15) is 9.59 Å². The van der Waals surface area contributed by atoms with E-state index in [1.165, 1.54) is 12.3 Å². The fraction of sp³-hybridized carbons (Fsp3) is 0. The molecule has 0 heterocycles. The summed E-state index contributed by atoms with van der Waals surface area (Å²) in [6.45, 7) is 0. The molecule has 0 atom stereocenters. The molecule has 3 aromatic rings. The van der Waals surface area contributed by atoms with Crippen LogP contribution in [0.3, 0.4) is 0 Å². The van der Waals surface area contributed by atoms with E-state index in [1.807, 2.05) is 30.3 Å². The molecule has 6 nitrogen and oxygen atoms in total. The molecule has 3 rings (SSSR count). The van der Waals surface area contributed by atoms with Crippen molar-refractivity contribution in [3.8, 4) is 11.5 Å². The third kappa shape index (κ3) is 5.81. The van der Waals surface area contributed by atoms with Crippen molar-refractivity contribution in [1.29, 1.82) is 0 Å². The van der Waals surface area contributed by atoms with Gasteiger partial charge >= 0.3 is 11.8 Å². The molecular weight excluding hydrogens is 413 g/mol. The van der Waals surface area contributed by atoms with E-state index in [0.29, 0.717) is 17.1 Å². The van der Waals surface area contributed by atoms with E-state index in [4.69, 9.17) is 27.9 Å².